The van der Waals surface area contributed by atoms with E-state index < -0.39 is 0 Å². The van der Waals surface area contributed by atoms with Gasteiger partial charge in [-0.05, 0) is 12.1 Å². The van der Waals surface area contributed by atoms with E-state index in [1.54, 1.807) is 12.4 Å². The fourth-order valence-corrected chi connectivity index (χ4v) is 1.57. The number of nitrogens with zero attached hydrogens (tertiary/aromatic N) is 5. The monoisotopic (exact) mass is 375 g/mol. The maximum absolute atomic E-state index is 4.45. The number of amidine groups is 2. The van der Waals surface area contributed by atoms with Crippen LogP contribution in [0.4, 0.5) is 0 Å². The molecule has 3 rings (SSSR count). The van der Waals surface area contributed by atoms with Crippen molar-refractivity contribution in [1.82, 2.24) is 4.98 Å². The van der Waals surface area contributed by atoms with Gasteiger partial charge >= 0.3 is 16.8 Å². The molecule has 108 valence electrons. The van der Waals surface area contributed by atoms with Crippen molar-refractivity contribution in [3.63, 3.8) is 0 Å². The van der Waals surface area contributed by atoms with Crippen LogP contribution in [-0.2, 0) is 16.8 Å². The fourth-order valence-electron chi connectivity index (χ4n) is 1.57. The first-order valence-electron chi connectivity index (χ1n) is 5.05. The Morgan fingerprint density at radius 3 is 1.55 bits per heavy atom. The van der Waals surface area contributed by atoms with Gasteiger partial charge in [-0.25, -0.2) is 15.0 Å². The van der Waals surface area contributed by atoms with Gasteiger partial charge in [-0.2, -0.15) is 0 Å². The van der Waals surface area contributed by atoms with Gasteiger partial charge in [-0.3, -0.25) is 9.98 Å². The van der Waals surface area contributed by atoms with Crippen molar-refractivity contribution in [2.24, 2.45) is 20.0 Å². The van der Waals surface area contributed by atoms with Crippen LogP contribution in [0.5, 0.6) is 0 Å². The van der Waals surface area contributed by atoms with E-state index in [9.17, 15) is 0 Å². The predicted molar refractivity (Wildman–Crippen MR) is 64.0 cm³/mol. The van der Waals surface area contributed by atoms with Crippen molar-refractivity contribution in [1.29, 1.82) is 0 Å². The van der Waals surface area contributed by atoms with E-state index in [1.807, 2.05) is 18.2 Å². The minimum absolute atomic E-state index is 0. The van der Waals surface area contributed by atoms with E-state index in [0.29, 0.717) is 24.8 Å². The Labute approximate surface area is 145 Å². The normalized spacial score (nSPS) is 14.2. The van der Waals surface area contributed by atoms with Crippen LogP contribution in [0.25, 0.3) is 0 Å². The predicted octanol–water partition coefficient (Wildman–Crippen LogP) is -8.25. The average Bonchev–Trinajstić information content (AvgIpc) is 3.03. The van der Waals surface area contributed by atoms with E-state index in [4.69, 9.17) is 0 Å². The summed E-state index contributed by atoms with van der Waals surface area (Å²) in [5.41, 5.74) is 1.55. The molecule has 2 aliphatic heterocycles. The van der Waals surface area contributed by atoms with E-state index in [0.717, 1.165) is 11.4 Å². The molecule has 0 amide bonds. The minimum Gasteiger partial charge on any atom is -1.00 e. The van der Waals surface area contributed by atoms with Crippen molar-refractivity contribution >= 4 is 24.1 Å². The van der Waals surface area contributed by atoms with Gasteiger partial charge in [-0.15, -0.1) is 0 Å². The molecule has 0 unspecified atom stereocenters. The van der Waals surface area contributed by atoms with Gasteiger partial charge in [0.1, 0.15) is 11.4 Å². The molecule has 0 spiro atoms. The van der Waals surface area contributed by atoms with Crippen molar-refractivity contribution in [3.05, 3.63) is 29.6 Å². The maximum atomic E-state index is 4.45. The molecule has 1 aromatic heterocycles. The summed E-state index contributed by atoms with van der Waals surface area (Å²) in [6.45, 7) is 1.28. The Morgan fingerprint density at radius 1 is 0.750 bits per heavy atom. The van der Waals surface area contributed by atoms with Crippen LogP contribution in [0, 0.1) is 0 Å². The van der Waals surface area contributed by atoms with Crippen LogP contribution in [0.2, 0.25) is 0 Å². The summed E-state index contributed by atoms with van der Waals surface area (Å²) in [6.07, 6.45) is 3.55. The van der Waals surface area contributed by atoms with E-state index >= 15 is 0 Å². The van der Waals surface area contributed by atoms with Crippen molar-refractivity contribution in [2.75, 3.05) is 13.1 Å². The van der Waals surface area contributed by atoms with Gasteiger partial charge < -0.3 is 37.2 Å². The average molecular weight is 377 g/mol. The molecule has 20 heavy (non-hydrogen) atoms. The van der Waals surface area contributed by atoms with Crippen molar-refractivity contribution < 1.29 is 54.0 Å². The molecule has 0 aromatic carbocycles. The Hall–Kier alpha value is -0.794. The summed E-state index contributed by atoms with van der Waals surface area (Å²) >= 11 is 0. The number of aliphatic imine (C=N–C) groups is 4. The van der Waals surface area contributed by atoms with Crippen LogP contribution in [0.15, 0.2) is 38.2 Å². The molecule has 1 aromatic rings. The molecule has 2 aliphatic rings. The van der Waals surface area contributed by atoms with Gasteiger partial charge in [0.15, 0.2) is 11.7 Å². The number of pyridine rings is 1. The molecule has 0 fully saturated rings. The van der Waals surface area contributed by atoms with E-state index in [-0.39, 0.29) is 54.0 Å². The van der Waals surface area contributed by atoms with Gasteiger partial charge in [0, 0.05) is 12.4 Å². The second-order valence-corrected chi connectivity index (χ2v) is 3.36. The zero-order valence-electron chi connectivity index (χ0n) is 10.0. The molecule has 0 saturated heterocycles. The zero-order chi connectivity index (χ0) is 10.8. The first-order chi connectivity index (χ1) is 7.93. The quantitative estimate of drug-likeness (QED) is 0.506. The SMILES string of the molecule is C1=NC(c2cccc(C3=NCC=N3)n2)=NC1.[Cl-].[Cl-].[Cl-].[Co+3]. The summed E-state index contributed by atoms with van der Waals surface area (Å²) in [5, 5.41) is 0. The zero-order valence-corrected chi connectivity index (χ0v) is 13.3. The van der Waals surface area contributed by atoms with Crippen LogP contribution in [0.1, 0.15) is 11.4 Å². The largest absolute Gasteiger partial charge is 3.00 e. The van der Waals surface area contributed by atoms with Gasteiger partial charge in [-0.1, -0.05) is 6.07 Å². The van der Waals surface area contributed by atoms with Crippen molar-refractivity contribution in [3.8, 4) is 0 Å². The Kier molecular flexibility index (Phi) is 10.8. The third-order valence-corrected chi connectivity index (χ3v) is 2.28. The first-order valence-corrected chi connectivity index (χ1v) is 5.05. The van der Waals surface area contributed by atoms with E-state index in [1.165, 1.54) is 0 Å². The number of aromatic nitrogens is 1. The van der Waals surface area contributed by atoms with Crippen molar-refractivity contribution in [2.45, 2.75) is 0 Å². The standard InChI is InChI=1S/C11H9N5.3ClH.Co/c1-2-8(10-12-4-5-13-10)16-9(3-1)11-14-6-7-15-11;;;;/h1-4,6H,5,7H2;3*1H;/q;;;;+3/p-3. The van der Waals surface area contributed by atoms with Gasteiger partial charge in [0.05, 0.1) is 13.1 Å². The molecule has 0 bridgehead atoms. The molecule has 5 nitrogen and oxygen atoms in total. The third-order valence-electron chi connectivity index (χ3n) is 2.28. The Balaban J connectivity index is 0. The summed E-state index contributed by atoms with van der Waals surface area (Å²) in [6, 6.07) is 5.71. The molecular weight excluding hydrogens is 367 g/mol. The first kappa shape index (κ1) is 21.5. The van der Waals surface area contributed by atoms with Crippen LogP contribution in [-0.4, -0.2) is 42.2 Å². The number of rotatable bonds is 2. The molecule has 3 heterocycles. The second kappa shape index (κ2) is 10.0. The molecule has 0 aliphatic carbocycles. The number of halogens is 3. The third kappa shape index (κ3) is 4.64. The molecule has 9 heteroatoms. The Morgan fingerprint density at radius 2 is 1.20 bits per heavy atom. The van der Waals surface area contributed by atoms with Crippen LogP contribution < -0.4 is 37.2 Å². The molecule has 0 N–H and O–H groups in total. The summed E-state index contributed by atoms with van der Waals surface area (Å²) in [4.78, 5) is 21.2. The van der Waals surface area contributed by atoms with Crippen LogP contribution in [0.3, 0.4) is 0 Å². The summed E-state index contributed by atoms with van der Waals surface area (Å²) in [5.74, 6) is 1.37. The smallest absolute Gasteiger partial charge is 1.00 e. The summed E-state index contributed by atoms with van der Waals surface area (Å²) < 4.78 is 0. The minimum atomic E-state index is 0. The topological polar surface area (TPSA) is 62.3 Å². The van der Waals surface area contributed by atoms with Gasteiger partial charge in [0.2, 0.25) is 0 Å². The summed E-state index contributed by atoms with van der Waals surface area (Å²) in [7, 11) is 0. The number of hydrogen-bond acceptors (Lipinski definition) is 5. The second-order valence-electron chi connectivity index (χ2n) is 3.36. The fraction of sp³-hybridized carbons (Fsp3) is 0.182. The Bertz CT molecular complexity index is 511. The maximum Gasteiger partial charge on any atom is 3.00 e. The van der Waals surface area contributed by atoms with Gasteiger partial charge in [0.25, 0.3) is 0 Å². The van der Waals surface area contributed by atoms with Crippen LogP contribution >= 0.6 is 0 Å². The van der Waals surface area contributed by atoms with E-state index in [2.05, 4.69) is 25.0 Å². The molecule has 0 atom stereocenters. The molecule has 0 radical (unpaired) electrons. The number of hydrogen-bond donors (Lipinski definition) is 0. The molecule has 0 saturated carbocycles. The molecular formula is C11H9Cl3CoN5.